The Bertz CT molecular complexity index is 813. The van der Waals surface area contributed by atoms with Crippen LogP contribution in [0.3, 0.4) is 0 Å². The third-order valence-electron chi connectivity index (χ3n) is 2.95. The van der Waals surface area contributed by atoms with Crippen LogP contribution in [0.4, 0.5) is 18.9 Å². The molecule has 0 saturated heterocycles. The summed E-state index contributed by atoms with van der Waals surface area (Å²) >= 11 is 0. The van der Waals surface area contributed by atoms with Gasteiger partial charge in [0.15, 0.2) is 11.5 Å². The van der Waals surface area contributed by atoms with Crippen molar-refractivity contribution in [1.29, 1.82) is 0 Å². The fourth-order valence-corrected chi connectivity index (χ4v) is 1.97. The molecule has 0 aliphatic heterocycles. The third-order valence-corrected chi connectivity index (χ3v) is 2.95. The topological polar surface area (TPSA) is 65.4 Å². The molecule has 8 heteroatoms. The fraction of sp³-hybridized carbons (Fsp3) is 0.143. The fourth-order valence-electron chi connectivity index (χ4n) is 1.97. The molecule has 0 saturated carbocycles. The zero-order chi connectivity index (χ0) is 15.7. The first-order valence-corrected chi connectivity index (χ1v) is 6.33. The van der Waals surface area contributed by atoms with Gasteiger partial charge >= 0.3 is 6.18 Å². The Labute approximate surface area is 123 Å². The molecule has 0 aliphatic carbocycles. The number of pyridine rings is 1. The van der Waals surface area contributed by atoms with E-state index in [0.717, 1.165) is 6.07 Å². The lowest BCUT2D eigenvalue weighted by atomic mass is 10.2. The molecule has 0 aliphatic rings. The molecule has 0 amide bonds. The highest BCUT2D eigenvalue weighted by atomic mass is 19.4. The second-order valence-corrected chi connectivity index (χ2v) is 4.57. The molecule has 2 aromatic heterocycles. The van der Waals surface area contributed by atoms with Gasteiger partial charge in [0.1, 0.15) is 12.4 Å². The average Bonchev–Trinajstić information content (AvgIpc) is 2.86. The molecule has 0 unspecified atom stereocenters. The lowest BCUT2D eigenvalue weighted by Crippen LogP contribution is -2.09. The molecule has 3 rings (SSSR count). The maximum absolute atomic E-state index is 12.9. The van der Waals surface area contributed by atoms with E-state index in [2.05, 4.69) is 10.1 Å². The normalized spacial score (nSPS) is 11.8. The number of anilines is 1. The smallest absolute Gasteiger partial charge is 0.419 e. The number of ether oxygens (including phenoxy) is 1. The Morgan fingerprint density at radius 1 is 1.18 bits per heavy atom. The first kappa shape index (κ1) is 14.2. The van der Waals surface area contributed by atoms with E-state index in [0.29, 0.717) is 11.3 Å². The second kappa shape index (κ2) is 5.21. The molecule has 2 N–H and O–H groups in total. The highest BCUT2D eigenvalue weighted by molar-refractivity contribution is 5.50. The largest absolute Gasteiger partial charge is 0.485 e. The first-order valence-electron chi connectivity index (χ1n) is 6.33. The van der Waals surface area contributed by atoms with Crippen molar-refractivity contribution < 1.29 is 17.9 Å². The van der Waals surface area contributed by atoms with Gasteiger partial charge in [-0.25, -0.2) is 9.50 Å². The molecule has 3 aromatic rings. The third kappa shape index (κ3) is 2.80. The van der Waals surface area contributed by atoms with Crippen molar-refractivity contribution in [2.24, 2.45) is 0 Å². The summed E-state index contributed by atoms with van der Waals surface area (Å²) in [6, 6.07) is 8.26. The number of nitrogens with zero attached hydrogens (tertiary/aromatic N) is 3. The number of benzene rings is 1. The van der Waals surface area contributed by atoms with E-state index in [1.165, 1.54) is 22.7 Å². The number of alkyl halides is 3. The number of rotatable bonds is 3. The Morgan fingerprint density at radius 3 is 2.73 bits per heavy atom. The van der Waals surface area contributed by atoms with Gasteiger partial charge in [0.05, 0.1) is 5.56 Å². The molecule has 0 fully saturated rings. The van der Waals surface area contributed by atoms with Crippen LogP contribution in [0.2, 0.25) is 0 Å². The van der Waals surface area contributed by atoms with Gasteiger partial charge in [-0.2, -0.15) is 13.2 Å². The summed E-state index contributed by atoms with van der Waals surface area (Å²) in [6.07, 6.45) is -2.86. The monoisotopic (exact) mass is 308 g/mol. The zero-order valence-corrected chi connectivity index (χ0v) is 11.2. The van der Waals surface area contributed by atoms with Crippen LogP contribution in [0.15, 0.2) is 42.6 Å². The van der Waals surface area contributed by atoms with Crippen LogP contribution in [0, 0.1) is 0 Å². The highest BCUT2D eigenvalue weighted by Gasteiger charge is 2.34. The molecular formula is C14H11F3N4O. The molecule has 0 bridgehead atoms. The van der Waals surface area contributed by atoms with E-state index in [1.807, 2.05) is 0 Å². The SMILES string of the molecule is Nc1ccn2nc(COc3ccccc3C(F)(F)F)nc2c1. The summed E-state index contributed by atoms with van der Waals surface area (Å²) in [4.78, 5) is 4.15. The van der Waals surface area contributed by atoms with E-state index in [9.17, 15) is 13.2 Å². The minimum Gasteiger partial charge on any atom is -0.485 e. The summed E-state index contributed by atoms with van der Waals surface area (Å²) in [5.74, 6) is 0.0101. The number of fused-ring (bicyclic) bond motifs is 1. The van der Waals surface area contributed by atoms with Crippen LogP contribution in [0.5, 0.6) is 5.75 Å². The lowest BCUT2D eigenvalue weighted by molar-refractivity contribution is -0.139. The summed E-state index contributed by atoms with van der Waals surface area (Å²) in [7, 11) is 0. The molecule has 5 nitrogen and oxygen atoms in total. The maximum atomic E-state index is 12.9. The summed E-state index contributed by atoms with van der Waals surface area (Å²) in [5.41, 5.74) is 5.82. The minimum atomic E-state index is -4.47. The van der Waals surface area contributed by atoms with Crippen molar-refractivity contribution >= 4 is 11.3 Å². The Kier molecular flexibility index (Phi) is 3.36. The number of hydrogen-bond donors (Lipinski definition) is 1. The van der Waals surface area contributed by atoms with E-state index in [1.54, 1.807) is 18.3 Å². The van der Waals surface area contributed by atoms with Crippen molar-refractivity contribution in [3.8, 4) is 5.75 Å². The molecule has 1 aromatic carbocycles. The van der Waals surface area contributed by atoms with Gasteiger partial charge in [0.25, 0.3) is 0 Å². The molecule has 0 spiro atoms. The van der Waals surface area contributed by atoms with Crippen molar-refractivity contribution in [1.82, 2.24) is 14.6 Å². The summed E-state index contributed by atoms with van der Waals surface area (Å²) in [6.45, 7) is -0.172. The molecule has 0 radical (unpaired) electrons. The van der Waals surface area contributed by atoms with Crippen LogP contribution in [0.25, 0.3) is 5.65 Å². The summed E-state index contributed by atoms with van der Waals surface area (Å²) < 4.78 is 45.3. The zero-order valence-electron chi connectivity index (χ0n) is 11.2. The van der Waals surface area contributed by atoms with Crippen LogP contribution in [0.1, 0.15) is 11.4 Å². The quantitative estimate of drug-likeness (QED) is 0.808. The van der Waals surface area contributed by atoms with Gasteiger partial charge in [-0.05, 0) is 18.2 Å². The molecule has 2 heterocycles. The van der Waals surface area contributed by atoms with Crippen LogP contribution in [-0.2, 0) is 12.8 Å². The van der Waals surface area contributed by atoms with Crippen LogP contribution >= 0.6 is 0 Å². The van der Waals surface area contributed by atoms with Gasteiger partial charge < -0.3 is 10.5 Å². The van der Waals surface area contributed by atoms with Gasteiger partial charge in [-0.15, -0.1) is 5.10 Å². The number of hydrogen-bond acceptors (Lipinski definition) is 4. The average molecular weight is 308 g/mol. The van der Waals surface area contributed by atoms with Gasteiger partial charge in [-0.3, -0.25) is 0 Å². The van der Waals surface area contributed by atoms with E-state index >= 15 is 0 Å². The minimum absolute atomic E-state index is 0.172. The molecule has 114 valence electrons. The maximum Gasteiger partial charge on any atom is 0.419 e. The molecular weight excluding hydrogens is 297 g/mol. The van der Waals surface area contributed by atoms with E-state index in [-0.39, 0.29) is 18.2 Å². The summed E-state index contributed by atoms with van der Waals surface area (Å²) in [5, 5.41) is 4.10. The first-order chi connectivity index (χ1) is 10.4. The second-order valence-electron chi connectivity index (χ2n) is 4.57. The van der Waals surface area contributed by atoms with Crippen molar-refractivity contribution in [2.75, 3.05) is 5.73 Å². The van der Waals surface area contributed by atoms with Crippen molar-refractivity contribution in [3.63, 3.8) is 0 Å². The standard InChI is InChI=1S/C14H11F3N4O/c15-14(16,17)10-3-1-2-4-11(10)22-8-12-19-13-7-9(18)5-6-21(13)20-12/h1-7H,8,18H2. The Morgan fingerprint density at radius 2 is 1.95 bits per heavy atom. The molecule has 22 heavy (non-hydrogen) atoms. The number of halogens is 3. The van der Waals surface area contributed by atoms with Gasteiger partial charge in [-0.1, -0.05) is 12.1 Å². The van der Waals surface area contributed by atoms with Gasteiger partial charge in [0.2, 0.25) is 0 Å². The molecule has 0 atom stereocenters. The Hall–Kier alpha value is -2.77. The van der Waals surface area contributed by atoms with Crippen LogP contribution in [-0.4, -0.2) is 14.6 Å². The van der Waals surface area contributed by atoms with Gasteiger partial charge in [0, 0.05) is 18.0 Å². The lowest BCUT2D eigenvalue weighted by Gasteiger charge is -2.12. The number of aromatic nitrogens is 3. The van der Waals surface area contributed by atoms with Crippen LogP contribution < -0.4 is 10.5 Å². The Balaban J connectivity index is 1.82. The van der Waals surface area contributed by atoms with Crippen molar-refractivity contribution in [3.05, 3.63) is 54.0 Å². The van der Waals surface area contributed by atoms with E-state index < -0.39 is 11.7 Å². The number of nitrogens with two attached hydrogens (primary N) is 1. The highest BCUT2D eigenvalue weighted by Crippen LogP contribution is 2.36. The van der Waals surface area contributed by atoms with Crippen molar-refractivity contribution in [2.45, 2.75) is 12.8 Å². The predicted octanol–water partition coefficient (Wildman–Crippen LogP) is 2.91. The number of para-hydroxylation sites is 1. The number of nitrogen functional groups attached to an aromatic ring is 1. The van der Waals surface area contributed by atoms with E-state index in [4.69, 9.17) is 10.5 Å². The predicted molar refractivity (Wildman–Crippen MR) is 73.2 cm³/mol.